The van der Waals surface area contributed by atoms with Crippen LogP contribution in [0.4, 0.5) is 0 Å². The van der Waals surface area contributed by atoms with E-state index in [1.165, 1.54) is 6.20 Å². The number of carbonyl (C=O) groups excluding carboxylic acids is 1. The van der Waals surface area contributed by atoms with Crippen LogP contribution in [-0.2, 0) is 17.3 Å². The van der Waals surface area contributed by atoms with E-state index in [0.29, 0.717) is 11.1 Å². The van der Waals surface area contributed by atoms with E-state index in [2.05, 4.69) is 10.4 Å². The maximum atomic E-state index is 12.2. The van der Waals surface area contributed by atoms with Crippen LogP contribution in [-0.4, -0.2) is 33.3 Å². The van der Waals surface area contributed by atoms with Gasteiger partial charge in [-0.15, -0.1) is 0 Å². The summed E-state index contributed by atoms with van der Waals surface area (Å²) in [7, 11) is 1.75. The van der Waals surface area contributed by atoms with Crippen molar-refractivity contribution in [1.82, 2.24) is 15.1 Å². The topological polar surface area (TPSA) is 84.2 Å². The number of nitrogens with one attached hydrogen (secondary N) is 1. The highest BCUT2D eigenvalue weighted by atomic mass is 16.4. The van der Waals surface area contributed by atoms with Crippen molar-refractivity contribution in [2.24, 2.45) is 7.05 Å². The van der Waals surface area contributed by atoms with Crippen molar-refractivity contribution in [1.29, 1.82) is 0 Å². The molecule has 6 heteroatoms. The number of hydrogen-bond donors (Lipinski definition) is 2. The molecule has 22 heavy (non-hydrogen) atoms. The van der Waals surface area contributed by atoms with Crippen molar-refractivity contribution in [2.45, 2.75) is 19.3 Å². The zero-order valence-corrected chi connectivity index (χ0v) is 12.8. The molecule has 0 saturated carbocycles. The number of amides is 1. The fourth-order valence-electron chi connectivity index (χ4n) is 2.18. The summed E-state index contributed by atoms with van der Waals surface area (Å²) in [5.41, 5.74) is 0.635. The lowest BCUT2D eigenvalue weighted by Gasteiger charge is -2.25. The maximum absolute atomic E-state index is 12.2. The molecule has 0 fully saturated rings. The van der Waals surface area contributed by atoms with Gasteiger partial charge in [0.1, 0.15) is 5.41 Å². The Morgan fingerprint density at radius 2 is 1.95 bits per heavy atom. The quantitative estimate of drug-likeness (QED) is 0.876. The smallest absolute Gasteiger partial charge is 0.315 e. The van der Waals surface area contributed by atoms with Crippen molar-refractivity contribution in [3.63, 3.8) is 0 Å². The lowest BCUT2D eigenvalue weighted by Crippen LogP contribution is -2.44. The Labute approximate surface area is 128 Å². The van der Waals surface area contributed by atoms with Gasteiger partial charge in [-0.2, -0.15) is 5.10 Å². The average Bonchev–Trinajstić information content (AvgIpc) is 2.85. The molecule has 0 saturated heterocycles. The molecular formula is C16H19N3O3. The molecule has 1 amide bonds. The normalized spacial score (nSPS) is 13.4. The number of carboxylic acid groups (broad SMARTS) is 1. The Hall–Kier alpha value is -2.63. The van der Waals surface area contributed by atoms with E-state index in [4.69, 9.17) is 0 Å². The third-order valence-corrected chi connectivity index (χ3v) is 3.97. The monoisotopic (exact) mass is 301 g/mol. The SMILES string of the molecule is Cc1c(C(=O)NCC(C)(C(=O)O)c2ccccc2)cnn1C. The minimum Gasteiger partial charge on any atom is -0.481 e. The first-order chi connectivity index (χ1) is 10.4. The number of carboxylic acids is 1. The highest BCUT2D eigenvalue weighted by Crippen LogP contribution is 2.23. The Balaban J connectivity index is 2.18. The molecule has 1 atom stereocenters. The molecule has 2 rings (SSSR count). The number of aliphatic carboxylic acids is 1. The lowest BCUT2D eigenvalue weighted by atomic mass is 9.82. The summed E-state index contributed by atoms with van der Waals surface area (Å²) in [4.78, 5) is 23.9. The van der Waals surface area contributed by atoms with Crippen molar-refractivity contribution >= 4 is 11.9 Å². The first-order valence-electron chi connectivity index (χ1n) is 6.92. The maximum Gasteiger partial charge on any atom is 0.315 e. The van der Waals surface area contributed by atoms with Gasteiger partial charge in [0.15, 0.2) is 0 Å². The molecule has 0 radical (unpaired) electrons. The summed E-state index contributed by atoms with van der Waals surface area (Å²) in [5, 5.41) is 16.3. The molecule has 6 nitrogen and oxygen atoms in total. The predicted molar refractivity (Wildman–Crippen MR) is 81.7 cm³/mol. The average molecular weight is 301 g/mol. The zero-order valence-electron chi connectivity index (χ0n) is 12.8. The molecule has 2 N–H and O–H groups in total. The number of benzene rings is 1. The molecule has 1 heterocycles. The third kappa shape index (κ3) is 2.86. The molecule has 0 spiro atoms. The zero-order chi connectivity index (χ0) is 16.3. The summed E-state index contributed by atoms with van der Waals surface area (Å²) in [6, 6.07) is 8.88. The van der Waals surface area contributed by atoms with Gasteiger partial charge >= 0.3 is 5.97 Å². The Kier molecular flexibility index (Phi) is 4.30. The van der Waals surface area contributed by atoms with E-state index >= 15 is 0 Å². The first-order valence-corrected chi connectivity index (χ1v) is 6.92. The molecule has 116 valence electrons. The van der Waals surface area contributed by atoms with Crippen LogP contribution >= 0.6 is 0 Å². The van der Waals surface area contributed by atoms with Crippen LogP contribution in [0.3, 0.4) is 0 Å². The number of nitrogens with zero attached hydrogens (tertiary/aromatic N) is 2. The number of carbonyl (C=O) groups is 2. The van der Waals surface area contributed by atoms with Gasteiger partial charge in [0.25, 0.3) is 5.91 Å². The van der Waals surface area contributed by atoms with Crippen LogP contribution in [0.15, 0.2) is 36.5 Å². The van der Waals surface area contributed by atoms with E-state index < -0.39 is 11.4 Å². The van der Waals surface area contributed by atoms with E-state index in [0.717, 1.165) is 5.69 Å². The lowest BCUT2D eigenvalue weighted by molar-refractivity contribution is -0.142. The van der Waals surface area contributed by atoms with Crippen molar-refractivity contribution in [2.75, 3.05) is 6.54 Å². The van der Waals surface area contributed by atoms with E-state index in [1.54, 1.807) is 49.8 Å². The minimum atomic E-state index is -1.19. The van der Waals surface area contributed by atoms with Gasteiger partial charge in [-0.25, -0.2) is 0 Å². The van der Waals surface area contributed by atoms with E-state index in [-0.39, 0.29) is 12.5 Å². The largest absolute Gasteiger partial charge is 0.481 e. The molecule has 1 aromatic heterocycles. The van der Waals surface area contributed by atoms with Gasteiger partial charge in [-0.1, -0.05) is 30.3 Å². The highest BCUT2D eigenvalue weighted by Gasteiger charge is 2.35. The van der Waals surface area contributed by atoms with Crippen molar-refractivity contribution < 1.29 is 14.7 Å². The van der Waals surface area contributed by atoms with Crippen LogP contribution < -0.4 is 5.32 Å². The molecule has 1 aromatic carbocycles. The molecule has 2 aromatic rings. The molecule has 0 bridgehead atoms. The minimum absolute atomic E-state index is 0.000482. The summed E-state index contributed by atoms with van der Waals surface area (Å²) < 4.78 is 1.60. The van der Waals surface area contributed by atoms with Gasteiger partial charge in [-0.3, -0.25) is 14.3 Å². The van der Waals surface area contributed by atoms with Crippen LogP contribution in [0.25, 0.3) is 0 Å². The Morgan fingerprint density at radius 1 is 1.32 bits per heavy atom. The molecule has 0 aliphatic rings. The van der Waals surface area contributed by atoms with Gasteiger partial charge in [0.2, 0.25) is 0 Å². The second kappa shape index (κ2) is 6.01. The Morgan fingerprint density at radius 3 is 2.45 bits per heavy atom. The van der Waals surface area contributed by atoms with E-state index in [9.17, 15) is 14.7 Å². The van der Waals surface area contributed by atoms with Gasteiger partial charge < -0.3 is 10.4 Å². The van der Waals surface area contributed by atoms with Crippen molar-refractivity contribution in [3.05, 3.63) is 53.3 Å². The second-order valence-electron chi connectivity index (χ2n) is 5.45. The first kappa shape index (κ1) is 15.8. The number of aromatic nitrogens is 2. The van der Waals surface area contributed by atoms with Crippen LogP contribution in [0.2, 0.25) is 0 Å². The van der Waals surface area contributed by atoms with Gasteiger partial charge in [0.05, 0.1) is 11.8 Å². The van der Waals surface area contributed by atoms with Gasteiger partial charge in [-0.05, 0) is 19.4 Å². The van der Waals surface area contributed by atoms with Crippen LogP contribution in [0.1, 0.15) is 28.5 Å². The summed E-state index contributed by atoms with van der Waals surface area (Å²) >= 11 is 0. The molecule has 0 aliphatic carbocycles. The number of hydrogen-bond acceptors (Lipinski definition) is 3. The van der Waals surface area contributed by atoms with E-state index in [1.807, 2.05) is 6.07 Å². The number of rotatable bonds is 5. The summed E-state index contributed by atoms with van der Waals surface area (Å²) in [6.45, 7) is 3.38. The summed E-state index contributed by atoms with van der Waals surface area (Å²) in [5.74, 6) is -1.31. The highest BCUT2D eigenvalue weighted by molar-refractivity contribution is 5.95. The molecular weight excluding hydrogens is 282 g/mol. The molecule has 0 aliphatic heterocycles. The molecule has 1 unspecified atom stereocenters. The predicted octanol–water partition coefficient (Wildman–Crippen LogP) is 1.50. The standard InChI is InChI=1S/C16H19N3O3/c1-11-13(9-18-19(11)3)14(20)17-10-16(2,15(21)22)12-7-5-4-6-8-12/h4-9H,10H2,1-3H3,(H,17,20)(H,21,22). The van der Waals surface area contributed by atoms with Gasteiger partial charge in [0, 0.05) is 19.3 Å². The Bertz CT molecular complexity index is 694. The van der Waals surface area contributed by atoms with Crippen LogP contribution in [0, 0.1) is 6.92 Å². The van der Waals surface area contributed by atoms with Crippen LogP contribution in [0.5, 0.6) is 0 Å². The fraction of sp³-hybridized carbons (Fsp3) is 0.312. The fourth-order valence-corrected chi connectivity index (χ4v) is 2.18. The second-order valence-corrected chi connectivity index (χ2v) is 5.45. The third-order valence-electron chi connectivity index (χ3n) is 3.97. The van der Waals surface area contributed by atoms with Crippen molar-refractivity contribution in [3.8, 4) is 0 Å². The summed E-state index contributed by atoms with van der Waals surface area (Å²) in [6.07, 6.45) is 1.48. The number of aryl methyl sites for hydroxylation is 1.